The van der Waals surface area contributed by atoms with Gasteiger partial charge in [0.25, 0.3) is 0 Å². The predicted octanol–water partition coefficient (Wildman–Crippen LogP) is 3.48. The van der Waals surface area contributed by atoms with Crippen molar-refractivity contribution in [2.24, 2.45) is 5.41 Å². The van der Waals surface area contributed by atoms with E-state index in [2.05, 4.69) is 40.8 Å². The third-order valence-electron chi connectivity index (χ3n) is 5.42. The van der Waals surface area contributed by atoms with Crippen molar-refractivity contribution in [3.63, 3.8) is 0 Å². The van der Waals surface area contributed by atoms with E-state index < -0.39 is 0 Å². The minimum atomic E-state index is 0.191. The van der Waals surface area contributed by atoms with Crippen molar-refractivity contribution in [3.05, 3.63) is 24.2 Å². The van der Waals surface area contributed by atoms with Crippen LogP contribution in [0.5, 0.6) is 0 Å². The first-order valence-electron chi connectivity index (χ1n) is 10.2. The molecule has 3 heterocycles. The summed E-state index contributed by atoms with van der Waals surface area (Å²) >= 11 is 0. The van der Waals surface area contributed by atoms with Crippen LogP contribution in [0, 0.1) is 5.41 Å². The van der Waals surface area contributed by atoms with Crippen molar-refractivity contribution >= 4 is 11.7 Å². The van der Waals surface area contributed by atoms with Crippen LogP contribution in [-0.4, -0.2) is 52.1 Å². The van der Waals surface area contributed by atoms with Crippen molar-refractivity contribution in [2.75, 3.05) is 31.1 Å². The monoisotopic (exact) mass is 383 g/mol. The van der Waals surface area contributed by atoms with Crippen LogP contribution in [0.1, 0.15) is 58.3 Å². The maximum Gasteiger partial charge on any atom is 0.230 e. The van der Waals surface area contributed by atoms with Gasteiger partial charge in [-0.25, -0.2) is 4.98 Å². The van der Waals surface area contributed by atoms with E-state index in [-0.39, 0.29) is 11.3 Å². The molecule has 0 spiro atoms. The largest absolute Gasteiger partial charge is 0.353 e. The Morgan fingerprint density at radius 3 is 2.64 bits per heavy atom. The highest BCUT2D eigenvalue weighted by Gasteiger charge is 2.30. The molecule has 1 aliphatic carbocycles. The molecule has 1 aliphatic heterocycles. The second-order valence-corrected chi connectivity index (χ2v) is 9.06. The molecule has 1 saturated heterocycles. The first kappa shape index (κ1) is 18.9. The van der Waals surface area contributed by atoms with Crippen molar-refractivity contribution in [1.82, 2.24) is 20.0 Å². The van der Waals surface area contributed by atoms with Crippen LogP contribution >= 0.6 is 0 Å². The normalized spacial score (nSPS) is 17.8. The SMILES string of the molecule is CC(C)(C)CCC(=O)N1CCN(c2cc(-c3noc(C4CC4)n3)ccn2)CC1. The molecular formula is C21H29N5O2. The quantitative estimate of drug-likeness (QED) is 0.787. The molecule has 0 radical (unpaired) electrons. The predicted molar refractivity (Wildman–Crippen MR) is 107 cm³/mol. The minimum Gasteiger partial charge on any atom is -0.353 e. The van der Waals surface area contributed by atoms with Gasteiger partial charge in [-0.3, -0.25) is 4.79 Å². The topological polar surface area (TPSA) is 75.4 Å². The van der Waals surface area contributed by atoms with Crippen LogP contribution in [0.3, 0.4) is 0 Å². The lowest BCUT2D eigenvalue weighted by molar-refractivity contribution is -0.132. The first-order chi connectivity index (χ1) is 13.4. The Morgan fingerprint density at radius 2 is 1.96 bits per heavy atom. The molecule has 7 nitrogen and oxygen atoms in total. The van der Waals surface area contributed by atoms with Crippen molar-refractivity contribution in [1.29, 1.82) is 0 Å². The van der Waals surface area contributed by atoms with Crippen LogP contribution in [0.4, 0.5) is 5.82 Å². The number of carbonyl (C=O) groups is 1. The number of hydrogen-bond acceptors (Lipinski definition) is 6. The maximum absolute atomic E-state index is 12.5. The maximum atomic E-state index is 12.5. The summed E-state index contributed by atoms with van der Waals surface area (Å²) in [4.78, 5) is 25.7. The molecule has 0 aromatic carbocycles. The second-order valence-electron chi connectivity index (χ2n) is 9.06. The zero-order valence-corrected chi connectivity index (χ0v) is 17.0. The number of pyridine rings is 1. The highest BCUT2D eigenvalue weighted by atomic mass is 16.5. The van der Waals surface area contributed by atoms with Gasteiger partial charge in [-0.1, -0.05) is 25.9 Å². The van der Waals surface area contributed by atoms with Crippen molar-refractivity contribution in [2.45, 2.75) is 52.4 Å². The highest BCUT2D eigenvalue weighted by molar-refractivity contribution is 5.76. The Balaban J connectivity index is 1.36. The first-order valence-corrected chi connectivity index (χ1v) is 10.2. The Morgan fingerprint density at radius 1 is 1.21 bits per heavy atom. The summed E-state index contributed by atoms with van der Waals surface area (Å²) in [5, 5.41) is 4.12. The number of rotatable bonds is 5. The average Bonchev–Trinajstić information content (AvgIpc) is 3.42. The molecule has 7 heteroatoms. The lowest BCUT2D eigenvalue weighted by atomic mass is 9.90. The average molecular weight is 383 g/mol. The summed E-state index contributed by atoms with van der Waals surface area (Å²) in [7, 11) is 0. The molecule has 2 fully saturated rings. The summed E-state index contributed by atoms with van der Waals surface area (Å²) in [5.41, 5.74) is 1.11. The smallest absolute Gasteiger partial charge is 0.230 e. The zero-order valence-electron chi connectivity index (χ0n) is 17.0. The number of nitrogens with zero attached hydrogens (tertiary/aromatic N) is 5. The third-order valence-corrected chi connectivity index (χ3v) is 5.42. The van der Waals surface area contributed by atoms with Crippen LogP contribution in [-0.2, 0) is 4.79 Å². The standard InChI is InChI=1S/C21H29N5O2/c1-21(2,3)8-6-18(27)26-12-10-25(11-13-26)17-14-16(7-9-22-17)19-23-20(28-24-19)15-4-5-15/h7,9,14-15H,4-6,8,10-13H2,1-3H3. The van der Waals surface area contributed by atoms with E-state index in [0.29, 0.717) is 18.2 Å². The zero-order chi connectivity index (χ0) is 19.7. The summed E-state index contributed by atoms with van der Waals surface area (Å²) in [6, 6.07) is 3.93. The van der Waals surface area contributed by atoms with E-state index in [4.69, 9.17) is 4.52 Å². The van der Waals surface area contributed by atoms with Gasteiger partial charge in [0.2, 0.25) is 17.6 Å². The molecule has 0 N–H and O–H groups in total. The van der Waals surface area contributed by atoms with Crippen molar-refractivity contribution < 1.29 is 9.32 Å². The number of piperazine rings is 1. The number of carbonyl (C=O) groups excluding carboxylic acids is 1. The number of anilines is 1. The lowest BCUT2D eigenvalue weighted by Gasteiger charge is -2.36. The minimum absolute atomic E-state index is 0.191. The van der Waals surface area contributed by atoms with Gasteiger partial charge in [0.1, 0.15) is 5.82 Å². The number of hydrogen-bond donors (Lipinski definition) is 0. The Labute approximate surface area is 166 Å². The molecule has 28 heavy (non-hydrogen) atoms. The molecule has 4 rings (SSSR count). The number of aromatic nitrogens is 3. The molecule has 2 aliphatic rings. The van der Waals surface area contributed by atoms with Gasteiger partial charge in [0, 0.05) is 50.3 Å². The molecule has 2 aromatic rings. The highest BCUT2D eigenvalue weighted by Crippen LogP contribution is 2.39. The van der Waals surface area contributed by atoms with Gasteiger partial charge in [0.05, 0.1) is 0 Å². The van der Waals surface area contributed by atoms with Gasteiger partial charge in [-0.2, -0.15) is 4.98 Å². The molecular weight excluding hydrogens is 354 g/mol. The van der Waals surface area contributed by atoms with Gasteiger partial charge in [0.15, 0.2) is 0 Å². The van der Waals surface area contributed by atoms with E-state index in [9.17, 15) is 4.79 Å². The van der Waals surface area contributed by atoms with Gasteiger partial charge in [-0.15, -0.1) is 0 Å². The second kappa shape index (κ2) is 7.53. The van der Waals surface area contributed by atoms with E-state index in [0.717, 1.165) is 62.7 Å². The van der Waals surface area contributed by atoms with Crippen LogP contribution in [0.25, 0.3) is 11.4 Å². The van der Waals surface area contributed by atoms with E-state index in [1.54, 1.807) is 6.20 Å². The summed E-state index contributed by atoms with van der Waals surface area (Å²) < 4.78 is 5.38. The van der Waals surface area contributed by atoms with E-state index >= 15 is 0 Å². The van der Waals surface area contributed by atoms with E-state index in [1.807, 2.05) is 17.0 Å². The summed E-state index contributed by atoms with van der Waals surface area (Å²) in [6.07, 6.45) is 5.62. The van der Waals surface area contributed by atoms with Crippen LogP contribution in [0.2, 0.25) is 0 Å². The summed E-state index contributed by atoms with van der Waals surface area (Å²) in [5.74, 6) is 2.98. The van der Waals surface area contributed by atoms with Gasteiger partial charge in [-0.05, 0) is 36.8 Å². The van der Waals surface area contributed by atoms with E-state index in [1.165, 1.54) is 0 Å². The fourth-order valence-electron chi connectivity index (χ4n) is 3.40. The Hall–Kier alpha value is -2.44. The van der Waals surface area contributed by atoms with Crippen molar-refractivity contribution in [3.8, 4) is 11.4 Å². The Bertz CT molecular complexity index is 829. The Kier molecular flexibility index (Phi) is 5.08. The summed E-state index contributed by atoms with van der Waals surface area (Å²) in [6.45, 7) is 9.58. The molecule has 2 aromatic heterocycles. The molecule has 0 bridgehead atoms. The molecule has 0 unspecified atom stereocenters. The molecule has 150 valence electrons. The van der Waals surface area contributed by atoms with Crippen LogP contribution in [0.15, 0.2) is 22.9 Å². The number of amides is 1. The third kappa shape index (κ3) is 4.51. The molecule has 1 saturated carbocycles. The van der Waals surface area contributed by atoms with Crippen LogP contribution < -0.4 is 4.90 Å². The van der Waals surface area contributed by atoms with Gasteiger partial charge >= 0.3 is 0 Å². The fraction of sp³-hybridized carbons (Fsp3) is 0.619. The van der Waals surface area contributed by atoms with Gasteiger partial charge < -0.3 is 14.3 Å². The molecule has 0 atom stereocenters. The fourth-order valence-corrected chi connectivity index (χ4v) is 3.40. The molecule has 1 amide bonds. The lowest BCUT2D eigenvalue weighted by Crippen LogP contribution is -2.49.